The zero-order valence-corrected chi connectivity index (χ0v) is 10.5. The first-order valence-corrected chi connectivity index (χ1v) is 6.26. The molecule has 1 aliphatic rings. The largest absolute Gasteiger partial charge is 0.383 e. The molecule has 4 heteroatoms. The van der Waals surface area contributed by atoms with Gasteiger partial charge in [-0.15, -0.1) is 0 Å². The molecular formula is C12H14BrN3. The standard InChI is InChI=1S/C12H14BrN3/c13-11-7-9(8-14)1-4-12(11)16-6-5-15-10-2-3-10/h1,4,7,10,15-16H,2-3,5-6H2. The Morgan fingerprint density at radius 2 is 2.19 bits per heavy atom. The van der Waals surface area contributed by atoms with Crippen LogP contribution in [0.5, 0.6) is 0 Å². The van der Waals surface area contributed by atoms with E-state index in [0.717, 1.165) is 29.3 Å². The summed E-state index contributed by atoms with van der Waals surface area (Å²) in [5.41, 5.74) is 1.71. The summed E-state index contributed by atoms with van der Waals surface area (Å²) in [5, 5.41) is 15.5. The van der Waals surface area contributed by atoms with Gasteiger partial charge in [-0.3, -0.25) is 0 Å². The van der Waals surface area contributed by atoms with Crippen LogP contribution in [0.25, 0.3) is 0 Å². The van der Waals surface area contributed by atoms with Gasteiger partial charge in [0, 0.05) is 29.3 Å². The Kier molecular flexibility index (Phi) is 3.81. The number of halogens is 1. The van der Waals surface area contributed by atoms with Crippen molar-refractivity contribution in [2.45, 2.75) is 18.9 Å². The van der Waals surface area contributed by atoms with Crippen molar-refractivity contribution in [3.05, 3.63) is 28.2 Å². The number of hydrogen-bond acceptors (Lipinski definition) is 3. The minimum Gasteiger partial charge on any atom is -0.383 e. The van der Waals surface area contributed by atoms with E-state index in [0.29, 0.717) is 5.56 Å². The van der Waals surface area contributed by atoms with E-state index in [2.05, 4.69) is 32.6 Å². The predicted molar refractivity (Wildman–Crippen MR) is 68.4 cm³/mol. The number of nitrogens with one attached hydrogen (secondary N) is 2. The van der Waals surface area contributed by atoms with Gasteiger partial charge in [0.05, 0.1) is 11.6 Å². The van der Waals surface area contributed by atoms with E-state index >= 15 is 0 Å². The van der Waals surface area contributed by atoms with Crippen LogP contribution in [0.3, 0.4) is 0 Å². The number of hydrogen-bond donors (Lipinski definition) is 2. The Morgan fingerprint density at radius 1 is 1.38 bits per heavy atom. The normalized spacial score (nSPS) is 14.5. The minimum absolute atomic E-state index is 0.675. The van der Waals surface area contributed by atoms with Crippen molar-refractivity contribution in [1.29, 1.82) is 5.26 Å². The lowest BCUT2D eigenvalue weighted by Gasteiger charge is -2.09. The molecule has 1 aliphatic carbocycles. The minimum atomic E-state index is 0.675. The topological polar surface area (TPSA) is 47.9 Å². The molecule has 1 fully saturated rings. The van der Waals surface area contributed by atoms with Gasteiger partial charge < -0.3 is 10.6 Å². The number of anilines is 1. The van der Waals surface area contributed by atoms with Crippen molar-refractivity contribution in [2.24, 2.45) is 0 Å². The van der Waals surface area contributed by atoms with Crippen LogP contribution in [0.15, 0.2) is 22.7 Å². The summed E-state index contributed by atoms with van der Waals surface area (Å²) < 4.78 is 0.943. The van der Waals surface area contributed by atoms with Gasteiger partial charge in [0.1, 0.15) is 0 Å². The van der Waals surface area contributed by atoms with Crippen LogP contribution in [-0.2, 0) is 0 Å². The highest BCUT2D eigenvalue weighted by molar-refractivity contribution is 9.10. The third-order valence-corrected chi connectivity index (χ3v) is 3.21. The first-order valence-electron chi connectivity index (χ1n) is 5.46. The van der Waals surface area contributed by atoms with Gasteiger partial charge in [-0.2, -0.15) is 5.26 Å². The average molecular weight is 280 g/mol. The second kappa shape index (κ2) is 5.33. The highest BCUT2D eigenvalue weighted by Crippen LogP contribution is 2.23. The van der Waals surface area contributed by atoms with E-state index in [4.69, 9.17) is 5.26 Å². The average Bonchev–Trinajstić information content (AvgIpc) is 3.10. The second-order valence-corrected chi connectivity index (χ2v) is 4.82. The number of benzene rings is 1. The van der Waals surface area contributed by atoms with E-state index in [1.54, 1.807) is 0 Å². The lowest BCUT2D eigenvalue weighted by Crippen LogP contribution is -2.23. The zero-order valence-electron chi connectivity index (χ0n) is 8.96. The molecule has 3 nitrogen and oxygen atoms in total. The molecule has 0 spiro atoms. The quantitative estimate of drug-likeness (QED) is 0.815. The summed E-state index contributed by atoms with van der Waals surface area (Å²) in [4.78, 5) is 0. The summed E-state index contributed by atoms with van der Waals surface area (Å²) >= 11 is 3.45. The van der Waals surface area contributed by atoms with Crippen molar-refractivity contribution < 1.29 is 0 Å². The number of rotatable bonds is 5. The second-order valence-electron chi connectivity index (χ2n) is 3.96. The molecule has 0 aromatic heterocycles. The predicted octanol–water partition coefficient (Wildman–Crippen LogP) is 2.48. The van der Waals surface area contributed by atoms with Gasteiger partial charge >= 0.3 is 0 Å². The summed E-state index contributed by atoms with van der Waals surface area (Å²) in [7, 11) is 0. The summed E-state index contributed by atoms with van der Waals surface area (Å²) in [6, 6.07) is 8.45. The molecular weight excluding hydrogens is 266 g/mol. The highest BCUT2D eigenvalue weighted by atomic mass is 79.9. The van der Waals surface area contributed by atoms with E-state index in [-0.39, 0.29) is 0 Å². The first kappa shape index (κ1) is 11.4. The molecule has 0 atom stereocenters. The molecule has 16 heavy (non-hydrogen) atoms. The Hall–Kier alpha value is -1.05. The molecule has 0 heterocycles. The van der Waals surface area contributed by atoms with Crippen molar-refractivity contribution in [2.75, 3.05) is 18.4 Å². The molecule has 0 unspecified atom stereocenters. The SMILES string of the molecule is N#Cc1ccc(NCCNC2CC2)c(Br)c1. The zero-order chi connectivity index (χ0) is 11.4. The Labute approximate surface area is 104 Å². The molecule has 0 amide bonds. The fourth-order valence-electron chi connectivity index (χ4n) is 1.49. The van der Waals surface area contributed by atoms with Gasteiger partial charge in [0.25, 0.3) is 0 Å². The third kappa shape index (κ3) is 3.22. The van der Waals surface area contributed by atoms with E-state index in [9.17, 15) is 0 Å². The van der Waals surface area contributed by atoms with Crippen LogP contribution in [0.4, 0.5) is 5.69 Å². The van der Waals surface area contributed by atoms with Crippen LogP contribution in [0.1, 0.15) is 18.4 Å². The summed E-state index contributed by atoms with van der Waals surface area (Å²) in [6.07, 6.45) is 2.64. The fourth-order valence-corrected chi connectivity index (χ4v) is 2.01. The molecule has 0 bridgehead atoms. The molecule has 84 valence electrons. The Bertz CT molecular complexity index is 407. The van der Waals surface area contributed by atoms with E-state index in [1.165, 1.54) is 12.8 Å². The van der Waals surface area contributed by atoms with E-state index < -0.39 is 0 Å². The fraction of sp³-hybridized carbons (Fsp3) is 0.417. The van der Waals surface area contributed by atoms with Gasteiger partial charge in [0.15, 0.2) is 0 Å². The maximum Gasteiger partial charge on any atom is 0.0992 e. The highest BCUT2D eigenvalue weighted by Gasteiger charge is 2.19. The van der Waals surface area contributed by atoms with Crippen molar-refractivity contribution in [1.82, 2.24) is 5.32 Å². The molecule has 2 N–H and O–H groups in total. The first-order chi connectivity index (χ1) is 7.79. The Balaban J connectivity index is 1.81. The lowest BCUT2D eigenvalue weighted by atomic mass is 10.2. The lowest BCUT2D eigenvalue weighted by molar-refractivity contribution is 0.701. The number of nitrogens with zero attached hydrogens (tertiary/aromatic N) is 1. The molecule has 0 aliphatic heterocycles. The summed E-state index contributed by atoms with van der Waals surface area (Å²) in [5.74, 6) is 0. The van der Waals surface area contributed by atoms with Crippen LogP contribution < -0.4 is 10.6 Å². The van der Waals surface area contributed by atoms with Crippen LogP contribution in [-0.4, -0.2) is 19.1 Å². The van der Waals surface area contributed by atoms with Gasteiger partial charge in [-0.25, -0.2) is 0 Å². The molecule has 0 radical (unpaired) electrons. The maximum atomic E-state index is 8.73. The smallest absolute Gasteiger partial charge is 0.0992 e. The molecule has 0 saturated heterocycles. The monoisotopic (exact) mass is 279 g/mol. The van der Waals surface area contributed by atoms with Gasteiger partial charge in [0.2, 0.25) is 0 Å². The van der Waals surface area contributed by atoms with Crippen LogP contribution in [0.2, 0.25) is 0 Å². The van der Waals surface area contributed by atoms with Crippen molar-refractivity contribution in [3.63, 3.8) is 0 Å². The molecule has 1 saturated carbocycles. The third-order valence-electron chi connectivity index (χ3n) is 2.55. The van der Waals surface area contributed by atoms with Crippen LogP contribution >= 0.6 is 15.9 Å². The molecule has 1 aromatic rings. The maximum absolute atomic E-state index is 8.73. The van der Waals surface area contributed by atoms with Crippen LogP contribution in [0, 0.1) is 11.3 Å². The number of nitriles is 1. The van der Waals surface area contributed by atoms with E-state index in [1.807, 2.05) is 18.2 Å². The van der Waals surface area contributed by atoms with Gasteiger partial charge in [-0.05, 0) is 47.0 Å². The van der Waals surface area contributed by atoms with Crippen molar-refractivity contribution in [3.8, 4) is 6.07 Å². The molecule has 2 rings (SSSR count). The van der Waals surface area contributed by atoms with Gasteiger partial charge in [-0.1, -0.05) is 0 Å². The molecule has 1 aromatic carbocycles. The summed E-state index contributed by atoms with van der Waals surface area (Å²) in [6.45, 7) is 1.89. The van der Waals surface area contributed by atoms with Crippen molar-refractivity contribution >= 4 is 21.6 Å². The Morgan fingerprint density at radius 3 is 2.81 bits per heavy atom.